The first-order chi connectivity index (χ1) is 9.61. The molecule has 0 saturated carbocycles. The van der Waals surface area contributed by atoms with Crippen molar-refractivity contribution in [3.8, 4) is 5.75 Å². The lowest BCUT2D eigenvalue weighted by atomic mass is 9.97. The van der Waals surface area contributed by atoms with Gasteiger partial charge in [-0.25, -0.2) is 0 Å². The normalized spacial score (nSPS) is 10.3. The van der Waals surface area contributed by atoms with Crippen molar-refractivity contribution >= 4 is 5.78 Å². The Morgan fingerprint density at radius 1 is 1.05 bits per heavy atom. The molecule has 0 aromatic heterocycles. The lowest BCUT2D eigenvalue weighted by Crippen LogP contribution is -2.02. The van der Waals surface area contributed by atoms with Crippen molar-refractivity contribution in [2.75, 3.05) is 7.11 Å². The minimum Gasteiger partial charge on any atom is -0.496 e. The molecule has 0 saturated heterocycles. The maximum absolute atomic E-state index is 12.1. The molecule has 0 aliphatic heterocycles. The van der Waals surface area contributed by atoms with E-state index < -0.39 is 0 Å². The highest BCUT2D eigenvalue weighted by Gasteiger charge is 2.09. The van der Waals surface area contributed by atoms with Gasteiger partial charge in [-0.1, -0.05) is 36.4 Å². The Morgan fingerprint density at radius 3 is 2.40 bits per heavy atom. The van der Waals surface area contributed by atoms with Crippen molar-refractivity contribution in [3.63, 3.8) is 0 Å². The molecule has 2 rings (SSSR count). The molecular formula is C18H20O2. The molecule has 2 nitrogen and oxygen atoms in total. The molecule has 0 unspecified atom stereocenters. The van der Waals surface area contributed by atoms with Crippen LogP contribution in [-0.4, -0.2) is 12.9 Å². The van der Waals surface area contributed by atoms with Crippen LogP contribution in [0, 0.1) is 13.8 Å². The van der Waals surface area contributed by atoms with Crippen molar-refractivity contribution in [3.05, 3.63) is 64.7 Å². The Hall–Kier alpha value is -2.09. The summed E-state index contributed by atoms with van der Waals surface area (Å²) in [5.41, 5.74) is 4.29. The Kier molecular flexibility index (Phi) is 4.57. The zero-order valence-electron chi connectivity index (χ0n) is 12.3. The number of carbonyl (C=O) groups is 1. The van der Waals surface area contributed by atoms with Crippen molar-refractivity contribution in [1.29, 1.82) is 0 Å². The third-order valence-corrected chi connectivity index (χ3v) is 3.57. The van der Waals surface area contributed by atoms with Gasteiger partial charge in [0.1, 0.15) is 5.75 Å². The second-order valence-electron chi connectivity index (χ2n) is 5.04. The van der Waals surface area contributed by atoms with Gasteiger partial charge in [0, 0.05) is 12.0 Å². The van der Waals surface area contributed by atoms with E-state index >= 15 is 0 Å². The van der Waals surface area contributed by atoms with E-state index in [-0.39, 0.29) is 5.78 Å². The topological polar surface area (TPSA) is 26.3 Å². The number of rotatable bonds is 5. The molecule has 0 heterocycles. The van der Waals surface area contributed by atoms with E-state index in [2.05, 4.69) is 13.0 Å². The molecule has 0 N–H and O–H groups in total. The van der Waals surface area contributed by atoms with Crippen molar-refractivity contribution in [2.45, 2.75) is 26.7 Å². The van der Waals surface area contributed by atoms with Crippen molar-refractivity contribution in [2.24, 2.45) is 0 Å². The molecule has 0 bridgehead atoms. The third kappa shape index (κ3) is 3.27. The number of hydrogen-bond donors (Lipinski definition) is 0. The maximum atomic E-state index is 12.1. The molecule has 104 valence electrons. The molecule has 0 atom stereocenters. The molecule has 2 aromatic rings. The summed E-state index contributed by atoms with van der Waals surface area (Å²) in [7, 11) is 1.68. The number of carbonyl (C=O) groups excluding carboxylic acids is 1. The molecule has 2 aromatic carbocycles. The highest BCUT2D eigenvalue weighted by atomic mass is 16.5. The summed E-state index contributed by atoms with van der Waals surface area (Å²) in [5.74, 6) is 1.10. The monoisotopic (exact) mass is 268 g/mol. The van der Waals surface area contributed by atoms with Gasteiger partial charge in [0.25, 0.3) is 0 Å². The van der Waals surface area contributed by atoms with E-state index in [1.54, 1.807) is 7.11 Å². The van der Waals surface area contributed by atoms with Gasteiger partial charge in [-0.3, -0.25) is 4.79 Å². The molecule has 0 amide bonds. The largest absolute Gasteiger partial charge is 0.496 e. The predicted octanol–water partition coefficient (Wildman–Crippen LogP) is 4.13. The second kappa shape index (κ2) is 6.38. The Balaban J connectivity index is 2.08. The first-order valence-electron chi connectivity index (χ1n) is 6.84. The van der Waals surface area contributed by atoms with Gasteiger partial charge in [-0.15, -0.1) is 0 Å². The molecule has 0 radical (unpaired) electrons. The summed E-state index contributed by atoms with van der Waals surface area (Å²) in [4.78, 5) is 12.1. The number of aryl methyl sites for hydroxylation is 3. The van der Waals surface area contributed by atoms with E-state index in [1.165, 1.54) is 11.1 Å². The van der Waals surface area contributed by atoms with Crippen molar-refractivity contribution in [1.82, 2.24) is 0 Å². The average molecular weight is 268 g/mol. The fourth-order valence-corrected chi connectivity index (χ4v) is 2.36. The number of Topliss-reactive ketones (excluding diaryl/α,β-unsaturated/α-hetero) is 1. The van der Waals surface area contributed by atoms with E-state index in [0.29, 0.717) is 6.42 Å². The highest BCUT2D eigenvalue weighted by Crippen LogP contribution is 2.23. The van der Waals surface area contributed by atoms with Gasteiger partial charge in [-0.05, 0) is 43.0 Å². The molecule has 20 heavy (non-hydrogen) atoms. The number of ketones is 1. The molecule has 2 heteroatoms. The van der Waals surface area contributed by atoms with E-state index in [0.717, 1.165) is 23.3 Å². The average Bonchev–Trinajstić information content (AvgIpc) is 2.48. The fraction of sp³-hybridized carbons (Fsp3) is 0.278. The van der Waals surface area contributed by atoms with Crippen LogP contribution in [0.15, 0.2) is 42.5 Å². The lowest BCUT2D eigenvalue weighted by Gasteiger charge is -2.11. The molecule has 0 spiro atoms. The first kappa shape index (κ1) is 14.3. The molecule has 0 fully saturated rings. The molecule has 0 aliphatic rings. The van der Waals surface area contributed by atoms with Crippen LogP contribution < -0.4 is 4.74 Å². The van der Waals surface area contributed by atoms with Crippen LogP contribution in [0.3, 0.4) is 0 Å². The van der Waals surface area contributed by atoms with E-state index in [1.807, 2.05) is 43.3 Å². The summed E-state index contributed by atoms with van der Waals surface area (Å²) < 4.78 is 5.31. The van der Waals surface area contributed by atoms with Crippen LogP contribution in [0.4, 0.5) is 0 Å². The molecule has 0 aliphatic carbocycles. The summed E-state index contributed by atoms with van der Waals surface area (Å²) in [5, 5.41) is 0. The SMILES string of the molecule is COc1cc(C)c(CCC(=O)c2ccccc2)cc1C. The zero-order chi connectivity index (χ0) is 14.5. The van der Waals surface area contributed by atoms with Crippen LogP contribution in [-0.2, 0) is 6.42 Å². The van der Waals surface area contributed by atoms with Gasteiger partial charge >= 0.3 is 0 Å². The van der Waals surface area contributed by atoms with Crippen LogP contribution in [0.5, 0.6) is 5.75 Å². The van der Waals surface area contributed by atoms with Gasteiger partial charge in [0.15, 0.2) is 5.78 Å². The quantitative estimate of drug-likeness (QED) is 0.762. The smallest absolute Gasteiger partial charge is 0.163 e. The number of hydrogen-bond acceptors (Lipinski definition) is 2. The number of benzene rings is 2. The van der Waals surface area contributed by atoms with Gasteiger partial charge < -0.3 is 4.74 Å². The van der Waals surface area contributed by atoms with Crippen molar-refractivity contribution < 1.29 is 9.53 Å². The third-order valence-electron chi connectivity index (χ3n) is 3.57. The zero-order valence-corrected chi connectivity index (χ0v) is 12.3. The minimum atomic E-state index is 0.193. The Labute approximate surface area is 120 Å². The lowest BCUT2D eigenvalue weighted by molar-refractivity contribution is 0.0983. The van der Waals surface area contributed by atoms with Gasteiger partial charge in [0.05, 0.1) is 7.11 Å². The Morgan fingerprint density at radius 2 is 1.75 bits per heavy atom. The van der Waals surface area contributed by atoms with Crippen LogP contribution >= 0.6 is 0 Å². The fourth-order valence-electron chi connectivity index (χ4n) is 2.36. The predicted molar refractivity (Wildman–Crippen MR) is 81.6 cm³/mol. The molecular weight excluding hydrogens is 248 g/mol. The Bertz CT molecular complexity index is 600. The van der Waals surface area contributed by atoms with Gasteiger partial charge in [-0.2, -0.15) is 0 Å². The maximum Gasteiger partial charge on any atom is 0.163 e. The number of methoxy groups -OCH3 is 1. The summed E-state index contributed by atoms with van der Waals surface area (Å²) in [6.45, 7) is 4.09. The van der Waals surface area contributed by atoms with E-state index in [9.17, 15) is 4.79 Å². The van der Waals surface area contributed by atoms with E-state index in [4.69, 9.17) is 4.74 Å². The van der Waals surface area contributed by atoms with Crippen LogP contribution in [0.1, 0.15) is 33.5 Å². The minimum absolute atomic E-state index is 0.193. The highest BCUT2D eigenvalue weighted by molar-refractivity contribution is 5.96. The standard InChI is InChI=1S/C18H20O2/c1-13-12-18(20-3)14(2)11-16(13)9-10-17(19)15-7-5-4-6-8-15/h4-8,11-12H,9-10H2,1-3H3. The summed E-state index contributed by atoms with van der Waals surface area (Å²) >= 11 is 0. The number of ether oxygens (including phenoxy) is 1. The summed E-state index contributed by atoms with van der Waals surface area (Å²) in [6, 6.07) is 13.6. The van der Waals surface area contributed by atoms with Crippen LogP contribution in [0.2, 0.25) is 0 Å². The summed E-state index contributed by atoms with van der Waals surface area (Å²) in [6.07, 6.45) is 1.31. The second-order valence-corrected chi connectivity index (χ2v) is 5.04. The van der Waals surface area contributed by atoms with Gasteiger partial charge in [0.2, 0.25) is 0 Å². The van der Waals surface area contributed by atoms with Crippen LogP contribution in [0.25, 0.3) is 0 Å². The first-order valence-corrected chi connectivity index (χ1v) is 6.84.